The number of nitrogens with one attached hydrogen (secondary N) is 3. The van der Waals surface area contributed by atoms with Crippen molar-refractivity contribution < 1.29 is 18.0 Å². The van der Waals surface area contributed by atoms with Crippen molar-refractivity contribution >= 4 is 5.91 Å². The zero-order valence-corrected chi connectivity index (χ0v) is 15.8. The fraction of sp³-hybridized carbons (Fsp3) is 0.286. The molecule has 2 heterocycles. The van der Waals surface area contributed by atoms with Crippen molar-refractivity contribution in [1.82, 2.24) is 20.9 Å². The van der Waals surface area contributed by atoms with E-state index in [9.17, 15) is 18.0 Å². The molecule has 2 aliphatic rings. The average Bonchev–Trinajstić information content (AvgIpc) is 3.27. The van der Waals surface area contributed by atoms with Gasteiger partial charge in [-0.3, -0.25) is 4.79 Å². The number of carbonyl (C=O) groups excluding carboxylic acids is 1. The molecule has 0 saturated heterocycles. The van der Waals surface area contributed by atoms with Crippen molar-refractivity contribution in [3.05, 3.63) is 82.3 Å². The van der Waals surface area contributed by atoms with E-state index in [2.05, 4.69) is 16.0 Å². The van der Waals surface area contributed by atoms with E-state index in [1.165, 1.54) is 11.6 Å². The Balaban J connectivity index is 1.44. The number of amides is 1. The Morgan fingerprint density at radius 2 is 1.97 bits per heavy atom. The highest BCUT2D eigenvalue weighted by Crippen LogP contribution is 2.30. The van der Waals surface area contributed by atoms with Crippen molar-refractivity contribution in [3.8, 4) is 0 Å². The van der Waals surface area contributed by atoms with Crippen LogP contribution in [0, 0.1) is 0 Å². The highest BCUT2D eigenvalue weighted by molar-refractivity contribution is 5.95. The Hall–Kier alpha value is -3.00. The average molecular weight is 402 g/mol. The predicted molar refractivity (Wildman–Crippen MR) is 102 cm³/mol. The summed E-state index contributed by atoms with van der Waals surface area (Å²) in [7, 11) is 0. The molecule has 29 heavy (non-hydrogen) atoms. The second-order valence-electron chi connectivity index (χ2n) is 7.27. The lowest BCUT2D eigenvalue weighted by Gasteiger charge is -2.22. The SMILES string of the molecule is CC1NC(NC(=O)c2ccc3c(c2)CNC3)=CN1Cc1cccc(C(F)(F)F)c1. The Morgan fingerprint density at radius 3 is 2.76 bits per heavy atom. The Labute approximate surface area is 166 Å². The molecule has 2 aromatic carbocycles. The molecule has 0 fully saturated rings. The van der Waals surface area contributed by atoms with Crippen LogP contribution in [0.15, 0.2) is 54.5 Å². The van der Waals surface area contributed by atoms with Gasteiger partial charge in [0.15, 0.2) is 0 Å². The molecule has 0 radical (unpaired) electrons. The van der Waals surface area contributed by atoms with E-state index in [0.717, 1.165) is 30.8 Å². The van der Waals surface area contributed by atoms with Gasteiger partial charge in [0.05, 0.1) is 11.7 Å². The number of hydrogen-bond acceptors (Lipinski definition) is 4. The van der Waals surface area contributed by atoms with Crippen molar-refractivity contribution in [2.24, 2.45) is 0 Å². The summed E-state index contributed by atoms with van der Waals surface area (Å²) in [4.78, 5) is 14.4. The summed E-state index contributed by atoms with van der Waals surface area (Å²) in [5.74, 6) is 0.291. The number of carbonyl (C=O) groups is 1. The number of halogens is 3. The monoisotopic (exact) mass is 402 g/mol. The molecule has 0 spiro atoms. The van der Waals surface area contributed by atoms with Crippen LogP contribution >= 0.6 is 0 Å². The summed E-state index contributed by atoms with van der Waals surface area (Å²) in [6.07, 6.45) is -2.81. The third kappa shape index (κ3) is 4.22. The third-order valence-corrected chi connectivity index (χ3v) is 5.12. The van der Waals surface area contributed by atoms with Gasteiger partial charge in [0.25, 0.3) is 5.91 Å². The first-order chi connectivity index (χ1) is 13.8. The fourth-order valence-corrected chi connectivity index (χ4v) is 3.56. The lowest BCUT2D eigenvalue weighted by atomic mass is 10.1. The van der Waals surface area contributed by atoms with E-state index in [0.29, 0.717) is 23.5 Å². The van der Waals surface area contributed by atoms with Gasteiger partial charge in [0, 0.05) is 31.4 Å². The zero-order valence-electron chi connectivity index (χ0n) is 15.8. The maximum absolute atomic E-state index is 12.9. The minimum absolute atomic E-state index is 0.163. The van der Waals surface area contributed by atoms with E-state index >= 15 is 0 Å². The lowest BCUT2D eigenvalue weighted by Crippen LogP contribution is -2.36. The Morgan fingerprint density at radius 1 is 1.17 bits per heavy atom. The second kappa shape index (κ2) is 7.44. The molecule has 0 saturated carbocycles. The van der Waals surface area contributed by atoms with Gasteiger partial charge in [-0.2, -0.15) is 13.2 Å². The van der Waals surface area contributed by atoms with Crippen LogP contribution in [0.4, 0.5) is 13.2 Å². The normalized spacial score (nSPS) is 18.3. The molecule has 0 aliphatic carbocycles. The van der Waals surface area contributed by atoms with Crippen molar-refractivity contribution in [3.63, 3.8) is 0 Å². The van der Waals surface area contributed by atoms with Gasteiger partial charge < -0.3 is 20.9 Å². The van der Waals surface area contributed by atoms with Crippen LogP contribution in [0.2, 0.25) is 0 Å². The predicted octanol–water partition coefficient (Wildman–Crippen LogP) is 3.29. The van der Waals surface area contributed by atoms with Crippen LogP contribution in [0.1, 0.15) is 39.5 Å². The van der Waals surface area contributed by atoms with E-state index in [-0.39, 0.29) is 12.1 Å². The summed E-state index contributed by atoms with van der Waals surface area (Å²) in [5, 5.41) is 9.22. The van der Waals surface area contributed by atoms with Crippen LogP contribution in [-0.2, 0) is 25.8 Å². The fourth-order valence-electron chi connectivity index (χ4n) is 3.56. The van der Waals surface area contributed by atoms with Gasteiger partial charge in [-0.05, 0) is 47.9 Å². The molecular formula is C21H21F3N4O. The molecule has 0 bridgehead atoms. The molecule has 5 nitrogen and oxygen atoms in total. The van der Waals surface area contributed by atoms with Crippen molar-refractivity contribution in [1.29, 1.82) is 0 Å². The first kappa shape index (κ1) is 19.3. The first-order valence-electron chi connectivity index (χ1n) is 9.34. The molecule has 4 rings (SSSR count). The summed E-state index contributed by atoms with van der Waals surface area (Å²) in [6.45, 7) is 3.73. The molecule has 152 valence electrons. The van der Waals surface area contributed by atoms with Crippen LogP contribution in [0.3, 0.4) is 0 Å². The number of alkyl halides is 3. The van der Waals surface area contributed by atoms with Gasteiger partial charge in [-0.15, -0.1) is 0 Å². The van der Waals surface area contributed by atoms with Crippen LogP contribution in [-0.4, -0.2) is 17.0 Å². The molecule has 3 N–H and O–H groups in total. The highest BCUT2D eigenvalue weighted by atomic mass is 19.4. The largest absolute Gasteiger partial charge is 0.416 e. The van der Waals surface area contributed by atoms with Gasteiger partial charge in [0.1, 0.15) is 5.82 Å². The molecule has 2 aromatic rings. The quantitative estimate of drug-likeness (QED) is 0.735. The molecule has 1 unspecified atom stereocenters. The number of benzene rings is 2. The summed E-state index contributed by atoms with van der Waals surface area (Å²) in [5.41, 5.74) is 2.76. The minimum atomic E-state index is -4.37. The molecule has 2 aliphatic heterocycles. The van der Waals surface area contributed by atoms with E-state index in [1.807, 2.05) is 24.0 Å². The smallest absolute Gasteiger partial charge is 0.351 e. The van der Waals surface area contributed by atoms with Crippen LogP contribution < -0.4 is 16.0 Å². The molecule has 1 amide bonds. The Bertz CT molecular complexity index is 971. The molecule has 0 aromatic heterocycles. The summed E-state index contributed by atoms with van der Waals surface area (Å²) < 4.78 is 38.8. The van der Waals surface area contributed by atoms with E-state index in [1.54, 1.807) is 18.3 Å². The maximum Gasteiger partial charge on any atom is 0.416 e. The Kier molecular flexibility index (Phi) is 4.96. The second-order valence-corrected chi connectivity index (χ2v) is 7.27. The molecule has 1 atom stereocenters. The van der Waals surface area contributed by atoms with Gasteiger partial charge in [-0.1, -0.05) is 18.2 Å². The van der Waals surface area contributed by atoms with Crippen LogP contribution in [0.5, 0.6) is 0 Å². The maximum atomic E-state index is 12.9. The number of rotatable bonds is 4. The van der Waals surface area contributed by atoms with Gasteiger partial charge in [0.2, 0.25) is 0 Å². The highest BCUT2D eigenvalue weighted by Gasteiger charge is 2.30. The van der Waals surface area contributed by atoms with Gasteiger partial charge >= 0.3 is 6.18 Å². The third-order valence-electron chi connectivity index (χ3n) is 5.12. The number of nitrogens with zero attached hydrogens (tertiary/aromatic N) is 1. The number of hydrogen-bond donors (Lipinski definition) is 3. The minimum Gasteiger partial charge on any atom is -0.351 e. The standard InChI is InChI=1S/C21H21F3N4O/c1-13-26-19(27-20(29)15-5-6-16-9-25-10-17(16)8-15)12-28(13)11-14-3-2-4-18(7-14)21(22,23)24/h2-8,12-13,25-26H,9-11H2,1H3,(H,27,29). The van der Waals surface area contributed by atoms with E-state index in [4.69, 9.17) is 0 Å². The van der Waals surface area contributed by atoms with Crippen LogP contribution in [0.25, 0.3) is 0 Å². The molecule has 8 heteroatoms. The van der Waals surface area contributed by atoms with Crippen molar-refractivity contribution in [2.75, 3.05) is 0 Å². The van der Waals surface area contributed by atoms with Crippen molar-refractivity contribution in [2.45, 2.75) is 38.9 Å². The molecular weight excluding hydrogens is 381 g/mol. The van der Waals surface area contributed by atoms with Gasteiger partial charge in [-0.25, -0.2) is 0 Å². The summed E-state index contributed by atoms with van der Waals surface area (Å²) >= 11 is 0. The number of fused-ring (bicyclic) bond motifs is 1. The summed E-state index contributed by atoms with van der Waals surface area (Å²) in [6, 6.07) is 10.9. The van der Waals surface area contributed by atoms with E-state index < -0.39 is 11.7 Å². The first-order valence-corrected chi connectivity index (χ1v) is 9.34. The topological polar surface area (TPSA) is 56.4 Å². The zero-order chi connectivity index (χ0) is 20.6. The lowest BCUT2D eigenvalue weighted by molar-refractivity contribution is -0.137.